The third kappa shape index (κ3) is 2.68. The van der Waals surface area contributed by atoms with Crippen molar-refractivity contribution in [1.29, 1.82) is 0 Å². The number of rotatable bonds is 0. The molecule has 3 nitrogen and oxygen atoms in total. The maximum atomic E-state index is 12.1. The highest BCUT2D eigenvalue weighted by molar-refractivity contribution is 6.28. The molecular formula is C17H17NO2. The lowest BCUT2D eigenvalue weighted by atomic mass is 9.84. The summed E-state index contributed by atoms with van der Waals surface area (Å²) in [6.45, 7) is 3.89. The van der Waals surface area contributed by atoms with Crippen molar-refractivity contribution in [2.75, 3.05) is 0 Å². The standard InChI is InChI=1S/C14H8O2.C3H9N/c15-13-9-5-1-2-6-10(9)14(16)12-8-4-3-7-11(12)13;1-3(2)4/h1-8H;3H,4H2,1-2H3. The minimum absolute atomic E-state index is 0.0641. The van der Waals surface area contributed by atoms with E-state index in [4.69, 9.17) is 5.73 Å². The summed E-state index contributed by atoms with van der Waals surface area (Å²) >= 11 is 0. The van der Waals surface area contributed by atoms with E-state index in [1.165, 1.54) is 0 Å². The number of fused-ring (bicyclic) bond motifs is 2. The molecule has 0 heterocycles. The summed E-state index contributed by atoms with van der Waals surface area (Å²) in [7, 11) is 0. The molecule has 0 saturated heterocycles. The van der Waals surface area contributed by atoms with Crippen LogP contribution in [0, 0.1) is 0 Å². The van der Waals surface area contributed by atoms with Crippen molar-refractivity contribution in [3.8, 4) is 0 Å². The number of ketones is 2. The summed E-state index contributed by atoms with van der Waals surface area (Å²) in [4.78, 5) is 24.2. The first-order chi connectivity index (χ1) is 9.52. The molecule has 2 aromatic carbocycles. The van der Waals surface area contributed by atoms with E-state index in [1.807, 2.05) is 13.8 Å². The van der Waals surface area contributed by atoms with Crippen LogP contribution >= 0.6 is 0 Å². The first-order valence-corrected chi connectivity index (χ1v) is 6.55. The van der Waals surface area contributed by atoms with Gasteiger partial charge in [0.05, 0.1) is 0 Å². The fourth-order valence-electron chi connectivity index (χ4n) is 2.05. The summed E-state index contributed by atoms with van der Waals surface area (Å²) in [5.74, 6) is -0.128. The molecule has 2 aromatic rings. The number of nitrogens with two attached hydrogens (primary N) is 1. The third-order valence-electron chi connectivity index (χ3n) is 2.83. The number of benzene rings is 2. The van der Waals surface area contributed by atoms with Gasteiger partial charge in [-0.2, -0.15) is 0 Å². The molecule has 20 heavy (non-hydrogen) atoms. The fourth-order valence-corrected chi connectivity index (χ4v) is 2.05. The molecule has 3 heteroatoms. The first-order valence-electron chi connectivity index (χ1n) is 6.55. The van der Waals surface area contributed by atoms with E-state index in [0.29, 0.717) is 28.3 Å². The number of carbonyl (C=O) groups is 2. The molecule has 0 spiro atoms. The molecule has 0 saturated carbocycles. The lowest BCUT2D eigenvalue weighted by Gasteiger charge is -2.16. The molecule has 3 rings (SSSR count). The molecule has 0 radical (unpaired) electrons. The molecular weight excluding hydrogens is 250 g/mol. The Morgan fingerprint density at radius 1 is 0.700 bits per heavy atom. The smallest absolute Gasteiger partial charge is 0.194 e. The van der Waals surface area contributed by atoms with E-state index in [0.717, 1.165) is 0 Å². The highest BCUT2D eigenvalue weighted by Gasteiger charge is 2.28. The molecule has 0 amide bonds. The predicted molar refractivity (Wildman–Crippen MR) is 79.1 cm³/mol. The van der Waals surface area contributed by atoms with Gasteiger partial charge in [0.25, 0.3) is 0 Å². The van der Waals surface area contributed by atoms with Gasteiger partial charge in [0, 0.05) is 22.3 Å². The van der Waals surface area contributed by atoms with E-state index in [2.05, 4.69) is 0 Å². The van der Waals surface area contributed by atoms with Crippen LogP contribution in [-0.2, 0) is 0 Å². The molecule has 0 unspecified atom stereocenters. The molecule has 0 fully saturated rings. The minimum Gasteiger partial charge on any atom is -0.328 e. The van der Waals surface area contributed by atoms with Crippen molar-refractivity contribution in [2.45, 2.75) is 19.9 Å². The average Bonchev–Trinajstić information content (AvgIpc) is 2.44. The summed E-state index contributed by atoms with van der Waals surface area (Å²) in [5, 5.41) is 0. The maximum absolute atomic E-state index is 12.1. The monoisotopic (exact) mass is 267 g/mol. The van der Waals surface area contributed by atoms with Gasteiger partial charge in [-0.05, 0) is 6.04 Å². The van der Waals surface area contributed by atoms with Crippen molar-refractivity contribution in [3.63, 3.8) is 0 Å². The second-order valence-corrected chi connectivity index (χ2v) is 4.99. The van der Waals surface area contributed by atoms with E-state index in [9.17, 15) is 9.59 Å². The third-order valence-corrected chi connectivity index (χ3v) is 2.83. The van der Waals surface area contributed by atoms with Gasteiger partial charge >= 0.3 is 0 Å². The van der Waals surface area contributed by atoms with E-state index in [1.54, 1.807) is 48.5 Å². The molecule has 102 valence electrons. The SMILES string of the molecule is CC(C)N.O=C1c2ccccc2C(=O)c2ccccc21. The van der Waals surface area contributed by atoms with Crippen LogP contribution in [0.25, 0.3) is 0 Å². The topological polar surface area (TPSA) is 60.2 Å². The minimum atomic E-state index is -0.0641. The van der Waals surface area contributed by atoms with Gasteiger partial charge in [-0.1, -0.05) is 62.4 Å². The Bertz CT molecular complexity index is 551. The van der Waals surface area contributed by atoms with Gasteiger partial charge in [0.15, 0.2) is 11.6 Å². The van der Waals surface area contributed by atoms with Gasteiger partial charge in [-0.15, -0.1) is 0 Å². The molecule has 0 aromatic heterocycles. The highest BCUT2D eigenvalue weighted by Crippen LogP contribution is 2.26. The highest BCUT2D eigenvalue weighted by atomic mass is 16.1. The van der Waals surface area contributed by atoms with Crippen LogP contribution in [0.4, 0.5) is 0 Å². The zero-order valence-electron chi connectivity index (χ0n) is 11.6. The van der Waals surface area contributed by atoms with Gasteiger partial charge < -0.3 is 5.73 Å². The van der Waals surface area contributed by atoms with Crippen LogP contribution < -0.4 is 5.73 Å². The van der Waals surface area contributed by atoms with Crippen molar-refractivity contribution >= 4 is 11.6 Å². The Morgan fingerprint density at radius 2 is 0.900 bits per heavy atom. The summed E-state index contributed by atoms with van der Waals surface area (Å²) in [6, 6.07) is 14.2. The van der Waals surface area contributed by atoms with Crippen LogP contribution in [-0.4, -0.2) is 17.6 Å². The van der Waals surface area contributed by atoms with Gasteiger partial charge in [-0.25, -0.2) is 0 Å². The Hall–Kier alpha value is -2.26. The van der Waals surface area contributed by atoms with Crippen molar-refractivity contribution in [2.24, 2.45) is 5.73 Å². The predicted octanol–water partition coefficient (Wildman–Crippen LogP) is 2.82. The number of hydrogen-bond acceptors (Lipinski definition) is 3. The Kier molecular flexibility index (Phi) is 4.11. The molecule has 0 atom stereocenters. The molecule has 1 aliphatic rings. The van der Waals surface area contributed by atoms with Gasteiger partial charge in [0.1, 0.15) is 0 Å². The van der Waals surface area contributed by atoms with Crippen LogP contribution in [0.5, 0.6) is 0 Å². The van der Waals surface area contributed by atoms with E-state index < -0.39 is 0 Å². The first kappa shape index (κ1) is 14.2. The second-order valence-electron chi connectivity index (χ2n) is 4.99. The van der Waals surface area contributed by atoms with Crippen LogP contribution in [0.3, 0.4) is 0 Å². The number of hydrogen-bond donors (Lipinski definition) is 1. The maximum Gasteiger partial charge on any atom is 0.194 e. The lowest BCUT2D eigenvalue weighted by Crippen LogP contribution is -2.20. The normalized spacial score (nSPS) is 12.4. The van der Waals surface area contributed by atoms with Crippen molar-refractivity contribution in [1.82, 2.24) is 0 Å². The van der Waals surface area contributed by atoms with E-state index >= 15 is 0 Å². The fraction of sp³-hybridized carbons (Fsp3) is 0.176. The van der Waals surface area contributed by atoms with Crippen molar-refractivity contribution in [3.05, 3.63) is 70.8 Å². The zero-order valence-corrected chi connectivity index (χ0v) is 11.6. The van der Waals surface area contributed by atoms with Crippen LogP contribution in [0.15, 0.2) is 48.5 Å². The molecule has 1 aliphatic carbocycles. The van der Waals surface area contributed by atoms with Crippen LogP contribution in [0.1, 0.15) is 45.7 Å². The Labute approximate surface area is 118 Å². The number of carbonyl (C=O) groups excluding carboxylic acids is 2. The quantitative estimate of drug-likeness (QED) is 0.681. The summed E-state index contributed by atoms with van der Waals surface area (Å²) in [6.07, 6.45) is 0. The van der Waals surface area contributed by atoms with Gasteiger partial charge in [0.2, 0.25) is 0 Å². The Morgan fingerprint density at radius 3 is 1.10 bits per heavy atom. The molecule has 0 bridgehead atoms. The average molecular weight is 267 g/mol. The zero-order chi connectivity index (χ0) is 14.7. The molecule has 0 aliphatic heterocycles. The van der Waals surface area contributed by atoms with E-state index in [-0.39, 0.29) is 11.6 Å². The van der Waals surface area contributed by atoms with Gasteiger partial charge in [-0.3, -0.25) is 9.59 Å². The largest absolute Gasteiger partial charge is 0.328 e. The Balaban J connectivity index is 0.000000328. The molecule has 2 N–H and O–H groups in total. The second kappa shape index (κ2) is 5.80. The summed E-state index contributed by atoms with van der Waals surface area (Å²) in [5.41, 5.74) is 7.13. The van der Waals surface area contributed by atoms with Crippen molar-refractivity contribution < 1.29 is 9.59 Å². The summed E-state index contributed by atoms with van der Waals surface area (Å²) < 4.78 is 0. The van der Waals surface area contributed by atoms with Crippen LogP contribution in [0.2, 0.25) is 0 Å². The lowest BCUT2D eigenvalue weighted by molar-refractivity contribution is 0.0979.